The number of ether oxygens (including phenoxy) is 2. The summed E-state index contributed by atoms with van der Waals surface area (Å²) in [6, 6.07) is 0. The fourth-order valence-corrected chi connectivity index (χ4v) is 2.09. The van der Waals surface area contributed by atoms with Gasteiger partial charge in [-0.2, -0.15) is 0 Å². The maximum atomic E-state index is 11.5. The minimum atomic E-state index is -0.473. The molecule has 1 spiro atoms. The molecular formula is C12H19NO3. The van der Waals surface area contributed by atoms with Crippen LogP contribution in [0.2, 0.25) is 0 Å². The normalized spacial score (nSPS) is 27.1. The summed E-state index contributed by atoms with van der Waals surface area (Å²) in [4.78, 5) is 13.4. The molecular weight excluding hydrogens is 206 g/mol. The Morgan fingerprint density at radius 1 is 1.25 bits per heavy atom. The van der Waals surface area contributed by atoms with Gasteiger partial charge in [-0.25, -0.2) is 0 Å². The van der Waals surface area contributed by atoms with Crippen LogP contribution in [0.4, 0.5) is 0 Å². The molecule has 4 nitrogen and oxygen atoms in total. The number of carbonyl (C=O) groups excluding carboxylic acids is 1. The summed E-state index contributed by atoms with van der Waals surface area (Å²) in [5.74, 6) is -0.392. The van der Waals surface area contributed by atoms with Crippen molar-refractivity contribution in [1.82, 2.24) is 4.90 Å². The fourth-order valence-electron chi connectivity index (χ4n) is 2.09. The Balaban J connectivity index is 1.86. The number of nitrogens with zero attached hydrogens (tertiary/aromatic N) is 1. The first-order valence-corrected chi connectivity index (χ1v) is 5.66. The van der Waals surface area contributed by atoms with E-state index in [4.69, 9.17) is 9.47 Å². The van der Waals surface area contributed by atoms with Gasteiger partial charge in [0.25, 0.3) is 0 Å². The highest BCUT2D eigenvalue weighted by molar-refractivity contribution is 5.88. The molecule has 0 aromatic rings. The van der Waals surface area contributed by atoms with Crippen LogP contribution in [0.3, 0.4) is 0 Å². The Kier molecular flexibility index (Phi) is 2.80. The lowest BCUT2D eigenvalue weighted by Gasteiger charge is -2.53. The van der Waals surface area contributed by atoms with Gasteiger partial charge in [-0.15, -0.1) is 0 Å². The van der Waals surface area contributed by atoms with Crippen molar-refractivity contribution in [3.63, 3.8) is 0 Å². The third-order valence-electron chi connectivity index (χ3n) is 3.13. The third kappa shape index (κ3) is 2.13. The van der Waals surface area contributed by atoms with Crippen LogP contribution < -0.4 is 0 Å². The van der Waals surface area contributed by atoms with Crippen molar-refractivity contribution >= 4 is 5.91 Å². The quantitative estimate of drug-likeness (QED) is 0.629. The van der Waals surface area contributed by atoms with E-state index < -0.39 is 5.79 Å². The number of hydrogen-bond donors (Lipinski definition) is 0. The van der Waals surface area contributed by atoms with E-state index in [1.165, 1.54) is 0 Å². The highest BCUT2D eigenvalue weighted by Gasteiger charge is 2.49. The average molecular weight is 225 g/mol. The van der Waals surface area contributed by atoms with Gasteiger partial charge >= 0.3 is 0 Å². The lowest BCUT2D eigenvalue weighted by Crippen LogP contribution is -2.65. The van der Waals surface area contributed by atoms with Gasteiger partial charge in [0.15, 0.2) is 5.79 Å². The van der Waals surface area contributed by atoms with Crippen molar-refractivity contribution in [2.24, 2.45) is 5.41 Å². The Hall–Kier alpha value is -0.870. The van der Waals surface area contributed by atoms with Gasteiger partial charge in [0, 0.05) is 13.1 Å². The molecule has 0 aromatic heterocycles. The summed E-state index contributed by atoms with van der Waals surface area (Å²) in [6.45, 7) is 8.53. The molecule has 0 N–H and O–H groups in total. The molecule has 2 fully saturated rings. The minimum Gasteiger partial charge on any atom is -0.350 e. The minimum absolute atomic E-state index is 0.0345. The predicted octanol–water partition coefficient (Wildman–Crippen LogP) is 1.17. The molecule has 2 saturated heterocycles. The predicted molar refractivity (Wildman–Crippen MR) is 59.8 cm³/mol. The van der Waals surface area contributed by atoms with E-state index in [0.29, 0.717) is 13.2 Å². The summed E-state index contributed by atoms with van der Waals surface area (Å²) in [6.07, 6.45) is 3.37. The largest absolute Gasteiger partial charge is 0.350 e. The topological polar surface area (TPSA) is 38.8 Å². The Morgan fingerprint density at radius 2 is 1.81 bits per heavy atom. The molecule has 90 valence electrons. The van der Waals surface area contributed by atoms with Crippen LogP contribution in [0.25, 0.3) is 0 Å². The van der Waals surface area contributed by atoms with Crippen molar-refractivity contribution in [3.8, 4) is 0 Å². The van der Waals surface area contributed by atoms with E-state index in [2.05, 4.69) is 0 Å². The Bertz CT molecular complexity index is 304. The molecule has 0 atom stereocenters. The van der Waals surface area contributed by atoms with Crippen LogP contribution in [0.5, 0.6) is 0 Å². The first-order chi connectivity index (χ1) is 7.46. The zero-order valence-electron chi connectivity index (χ0n) is 10.2. The van der Waals surface area contributed by atoms with Crippen LogP contribution in [0, 0.1) is 5.41 Å². The van der Waals surface area contributed by atoms with E-state index in [1.54, 1.807) is 12.2 Å². The molecule has 0 bridgehead atoms. The smallest absolute Gasteiger partial charge is 0.246 e. The van der Waals surface area contributed by atoms with Gasteiger partial charge in [-0.05, 0) is 26.8 Å². The van der Waals surface area contributed by atoms with E-state index >= 15 is 0 Å². The summed E-state index contributed by atoms with van der Waals surface area (Å²) >= 11 is 0. The number of carbonyl (C=O) groups is 1. The summed E-state index contributed by atoms with van der Waals surface area (Å²) in [7, 11) is 0. The molecule has 0 saturated carbocycles. The van der Waals surface area contributed by atoms with Crippen LogP contribution in [0.1, 0.15) is 20.8 Å². The van der Waals surface area contributed by atoms with Crippen molar-refractivity contribution in [2.75, 3.05) is 26.3 Å². The highest BCUT2D eigenvalue weighted by atomic mass is 16.7. The lowest BCUT2D eigenvalue weighted by molar-refractivity contribution is -0.302. The number of likely N-dealkylation sites (tertiary alicyclic amines) is 1. The van der Waals surface area contributed by atoms with Crippen LogP contribution in [-0.4, -0.2) is 42.9 Å². The highest BCUT2D eigenvalue weighted by Crippen LogP contribution is 2.37. The van der Waals surface area contributed by atoms with E-state index in [1.807, 2.05) is 25.7 Å². The van der Waals surface area contributed by atoms with Crippen LogP contribution >= 0.6 is 0 Å². The van der Waals surface area contributed by atoms with Gasteiger partial charge in [-0.1, -0.05) is 6.08 Å². The van der Waals surface area contributed by atoms with E-state index in [0.717, 1.165) is 13.1 Å². The van der Waals surface area contributed by atoms with E-state index in [9.17, 15) is 4.79 Å². The maximum Gasteiger partial charge on any atom is 0.246 e. The van der Waals surface area contributed by atoms with Crippen molar-refractivity contribution in [1.29, 1.82) is 0 Å². The summed E-state index contributed by atoms with van der Waals surface area (Å²) in [5.41, 5.74) is 0.0345. The summed E-state index contributed by atoms with van der Waals surface area (Å²) < 4.78 is 11.3. The Labute approximate surface area is 96.2 Å². The zero-order valence-corrected chi connectivity index (χ0v) is 10.2. The molecule has 16 heavy (non-hydrogen) atoms. The molecule has 4 heteroatoms. The SMILES string of the molecule is C/C=C/C(=O)N1CC2(COC(C)(C)OC2)C1. The molecule has 0 unspecified atom stereocenters. The average Bonchev–Trinajstić information content (AvgIpc) is 2.15. The number of rotatable bonds is 1. The standard InChI is InChI=1S/C12H19NO3/c1-4-5-10(14)13-6-12(7-13)8-15-11(2,3)16-9-12/h4-5H,6-9H2,1-3H3/b5-4+. The summed E-state index contributed by atoms with van der Waals surface area (Å²) in [5, 5.41) is 0. The van der Waals surface area contributed by atoms with Gasteiger partial charge in [0.05, 0.1) is 18.6 Å². The number of amides is 1. The Morgan fingerprint density at radius 3 is 2.31 bits per heavy atom. The molecule has 2 heterocycles. The zero-order chi connectivity index (χ0) is 11.8. The second-order valence-corrected chi connectivity index (χ2v) is 5.17. The molecule has 0 aliphatic carbocycles. The monoisotopic (exact) mass is 225 g/mol. The lowest BCUT2D eigenvalue weighted by atomic mass is 9.80. The number of hydrogen-bond acceptors (Lipinski definition) is 3. The molecule has 2 rings (SSSR count). The van der Waals surface area contributed by atoms with Crippen LogP contribution in [0.15, 0.2) is 12.2 Å². The van der Waals surface area contributed by atoms with Gasteiger partial charge in [0.1, 0.15) is 0 Å². The van der Waals surface area contributed by atoms with Crippen molar-refractivity contribution in [3.05, 3.63) is 12.2 Å². The van der Waals surface area contributed by atoms with Crippen molar-refractivity contribution in [2.45, 2.75) is 26.6 Å². The molecule has 1 amide bonds. The van der Waals surface area contributed by atoms with E-state index in [-0.39, 0.29) is 11.3 Å². The fraction of sp³-hybridized carbons (Fsp3) is 0.750. The second-order valence-electron chi connectivity index (χ2n) is 5.17. The van der Waals surface area contributed by atoms with Gasteiger partial charge in [-0.3, -0.25) is 4.79 Å². The van der Waals surface area contributed by atoms with Crippen LogP contribution in [-0.2, 0) is 14.3 Å². The number of allylic oxidation sites excluding steroid dienone is 1. The molecule has 0 radical (unpaired) electrons. The first kappa shape index (κ1) is 11.6. The van der Waals surface area contributed by atoms with Crippen molar-refractivity contribution < 1.29 is 14.3 Å². The first-order valence-electron chi connectivity index (χ1n) is 5.66. The third-order valence-corrected chi connectivity index (χ3v) is 3.13. The van der Waals surface area contributed by atoms with Gasteiger partial charge in [0.2, 0.25) is 5.91 Å². The maximum absolute atomic E-state index is 11.5. The van der Waals surface area contributed by atoms with Gasteiger partial charge < -0.3 is 14.4 Å². The second kappa shape index (κ2) is 3.86. The molecule has 2 aliphatic rings. The molecule has 0 aromatic carbocycles. The molecule has 2 aliphatic heterocycles.